The van der Waals surface area contributed by atoms with Crippen molar-refractivity contribution >= 4 is 22.6 Å². The zero-order valence-electron chi connectivity index (χ0n) is 9.04. The van der Waals surface area contributed by atoms with Crippen LogP contribution in [-0.2, 0) is 6.42 Å². The first-order valence-electron chi connectivity index (χ1n) is 5.35. The number of nitrogens with one attached hydrogen (secondary N) is 1. The van der Waals surface area contributed by atoms with Crippen LogP contribution in [0.1, 0.15) is 18.9 Å². The zero-order chi connectivity index (χ0) is 11.1. The van der Waals surface area contributed by atoms with Crippen molar-refractivity contribution in [3.8, 4) is 0 Å². The topological polar surface area (TPSA) is 32.3 Å². The highest BCUT2D eigenvalue weighted by Crippen LogP contribution is 2.08. The van der Waals surface area contributed by atoms with Crippen molar-refractivity contribution < 1.29 is 5.11 Å². The third-order valence-corrected chi connectivity index (χ3v) is 2.91. The lowest BCUT2D eigenvalue weighted by Gasteiger charge is -2.11. The van der Waals surface area contributed by atoms with Crippen LogP contribution in [0.15, 0.2) is 24.3 Å². The van der Waals surface area contributed by atoms with Crippen molar-refractivity contribution in [1.29, 1.82) is 0 Å². The second kappa shape index (κ2) is 7.19. The van der Waals surface area contributed by atoms with E-state index in [1.807, 2.05) is 0 Å². The summed E-state index contributed by atoms with van der Waals surface area (Å²) in [6.07, 6.45) is 1.56. The molecule has 0 fully saturated rings. The molecular formula is C12H18INO. The molecular weight excluding hydrogens is 301 g/mol. The van der Waals surface area contributed by atoms with Crippen LogP contribution in [0, 0.1) is 3.57 Å². The summed E-state index contributed by atoms with van der Waals surface area (Å²) in [4.78, 5) is 0. The standard InChI is InChI=1S/C12H18INO/c1-2-7-14-9-12(15)8-10-3-5-11(13)6-4-10/h3-6,12,14-15H,2,7-9H2,1H3. The van der Waals surface area contributed by atoms with E-state index >= 15 is 0 Å². The molecule has 0 bridgehead atoms. The van der Waals surface area contributed by atoms with Gasteiger partial charge in [0.05, 0.1) is 6.10 Å². The van der Waals surface area contributed by atoms with Crippen molar-refractivity contribution in [3.63, 3.8) is 0 Å². The fraction of sp³-hybridized carbons (Fsp3) is 0.500. The SMILES string of the molecule is CCCNCC(O)Cc1ccc(I)cc1. The molecule has 0 aromatic heterocycles. The average Bonchev–Trinajstić information content (AvgIpc) is 2.22. The number of hydrogen-bond donors (Lipinski definition) is 2. The Morgan fingerprint density at radius 1 is 1.33 bits per heavy atom. The first-order chi connectivity index (χ1) is 7.22. The average molecular weight is 319 g/mol. The van der Waals surface area contributed by atoms with Crippen molar-refractivity contribution in [2.24, 2.45) is 0 Å². The van der Waals surface area contributed by atoms with Gasteiger partial charge >= 0.3 is 0 Å². The summed E-state index contributed by atoms with van der Waals surface area (Å²) in [5.74, 6) is 0. The van der Waals surface area contributed by atoms with Gasteiger partial charge in [-0.25, -0.2) is 0 Å². The van der Waals surface area contributed by atoms with E-state index in [0.717, 1.165) is 19.4 Å². The van der Waals surface area contributed by atoms with Crippen LogP contribution in [0.3, 0.4) is 0 Å². The predicted molar refractivity (Wildman–Crippen MR) is 72.0 cm³/mol. The quantitative estimate of drug-likeness (QED) is 0.622. The van der Waals surface area contributed by atoms with E-state index in [2.05, 4.69) is 59.1 Å². The molecule has 0 radical (unpaired) electrons. The van der Waals surface area contributed by atoms with E-state index < -0.39 is 0 Å². The Bertz CT molecular complexity index is 273. The molecule has 0 heterocycles. The lowest BCUT2D eigenvalue weighted by molar-refractivity contribution is 0.172. The molecule has 1 atom stereocenters. The molecule has 2 N–H and O–H groups in total. The molecule has 0 spiro atoms. The summed E-state index contributed by atoms with van der Waals surface area (Å²) in [7, 11) is 0. The maximum atomic E-state index is 9.73. The van der Waals surface area contributed by atoms with E-state index in [1.54, 1.807) is 0 Å². The third-order valence-electron chi connectivity index (χ3n) is 2.19. The van der Waals surface area contributed by atoms with Gasteiger partial charge < -0.3 is 10.4 Å². The fourth-order valence-corrected chi connectivity index (χ4v) is 1.77. The van der Waals surface area contributed by atoms with Gasteiger partial charge in [-0.2, -0.15) is 0 Å². The third kappa shape index (κ3) is 5.49. The van der Waals surface area contributed by atoms with E-state index in [-0.39, 0.29) is 6.10 Å². The van der Waals surface area contributed by atoms with Crippen LogP contribution in [0.2, 0.25) is 0 Å². The maximum absolute atomic E-state index is 9.73. The Kier molecular flexibility index (Phi) is 6.20. The van der Waals surface area contributed by atoms with Crippen LogP contribution in [0.5, 0.6) is 0 Å². The number of hydrogen-bond acceptors (Lipinski definition) is 2. The molecule has 2 nitrogen and oxygen atoms in total. The highest BCUT2D eigenvalue weighted by Gasteiger charge is 2.04. The minimum absolute atomic E-state index is 0.281. The Labute approximate surface area is 105 Å². The van der Waals surface area contributed by atoms with Gasteiger partial charge in [0.25, 0.3) is 0 Å². The fourth-order valence-electron chi connectivity index (χ4n) is 1.41. The molecule has 0 saturated heterocycles. The summed E-state index contributed by atoms with van der Waals surface area (Å²) in [6.45, 7) is 3.78. The minimum Gasteiger partial charge on any atom is -0.391 e. The molecule has 3 heteroatoms. The highest BCUT2D eigenvalue weighted by molar-refractivity contribution is 14.1. The number of aliphatic hydroxyl groups is 1. The van der Waals surface area contributed by atoms with Crippen molar-refractivity contribution in [3.05, 3.63) is 33.4 Å². The van der Waals surface area contributed by atoms with Crippen molar-refractivity contribution in [1.82, 2.24) is 5.32 Å². The maximum Gasteiger partial charge on any atom is 0.0704 e. The number of aliphatic hydroxyl groups excluding tert-OH is 1. The summed E-state index contributed by atoms with van der Waals surface area (Å²) in [6, 6.07) is 8.29. The molecule has 0 aliphatic heterocycles. The Morgan fingerprint density at radius 3 is 2.60 bits per heavy atom. The summed E-state index contributed by atoms with van der Waals surface area (Å²) in [5.41, 5.74) is 1.20. The smallest absolute Gasteiger partial charge is 0.0704 e. The van der Waals surface area contributed by atoms with E-state index in [9.17, 15) is 5.11 Å². The predicted octanol–water partition coefficient (Wildman–Crippen LogP) is 2.19. The normalized spacial score (nSPS) is 12.7. The number of benzene rings is 1. The Balaban J connectivity index is 2.31. The first-order valence-corrected chi connectivity index (χ1v) is 6.43. The van der Waals surface area contributed by atoms with Crippen molar-refractivity contribution in [2.45, 2.75) is 25.9 Å². The van der Waals surface area contributed by atoms with Gasteiger partial charge in [0.1, 0.15) is 0 Å². The number of rotatable bonds is 6. The highest BCUT2D eigenvalue weighted by atomic mass is 127. The second-order valence-electron chi connectivity index (χ2n) is 3.69. The van der Waals surface area contributed by atoms with Gasteiger partial charge in [-0.3, -0.25) is 0 Å². The molecule has 0 aliphatic rings. The monoisotopic (exact) mass is 319 g/mol. The molecule has 1 aromatic carbocycles. The summed E-state index contributed by atoms with van der Waals surface area (Å²) >= 11 is 2.28. The molecule has 1 aromatic rings. The molecule has 1 unspecified atom stereocenters. The van der Waals surface area contributed by atoms with Gasteiger partial charge in [-0.05, 0) is 59.7 Å². The van der Waals surface area contributed by atoms with Crippen LogP contribution < -0.4 is 5.32 Å². The first kappa shape index (κ1) is 12.9. The molecule has 84 valence electrons. The lowest BCUT2D eigenvalue weighted by atomic mass is 10.1. The van der Waals surface area contributed by atoms with Crippen LogP contribution in [0.25, 0.3) is 0 Å². The second-order valence-corrected chi connectivity index (χ2v) is 4.93. The van der Waals surface area contributed by atoms with E-state index in [4.69, 9.17) is 0 Å². The summed E-state index contributed by atoms with van der Waals surface area (Å²) in [5, 5.41) is 12.9. The van der Waals surface area contributed by atoms with Crippen LogP contribution in [-0.4, -0.2) is 24.3 Å². The molecule has 0 aliphatic carbocycles. The zero-order valence-corrected chi connectivity index (χ0v) is 11.2. The molecule has 0 amide bonds. The Morgan fingerprint density at radius 2 is 2.00 bits per heavy atom. The summed E-state index contributed by atoms with van der Waals surface area (Å²) < 4.78 is 1.23. The van der Waals surface area contributed by atoms with Gasteiger partial charge in [-0.15, -0.1) is 0 Å². The van der Waals surface area contributed by atoms with Gasteiger partial charge in [-0.1, -0.05) is 19.1 Å². The molecule has 15 heavy (non-hydrogen) atoms. The van der Waals surface area contributed by atoms with Crippen LogP contribution in [0.4, 0.5) is 0 Å². The molecule has 1 rings (SSSR count). The minimum atomic E-state index is -0.281. The van der Waals surface area contributed by atoms with Crippen LogP contribution >= 0.6 is 22.6 Å². The molecule has 0 saturated carbocycles. The van der Waals surface area contributed by atoms with Gasteiger partial charge in [0, 0.05) is 10.1 Å². The van der Waals surface area contributed by atoms with Crippen molar-refractivity contribution in [2.75, 3.05) is 13.1 Å². The van der Waals surface area contributed by atoms with E-state index in [0.29, 0.717) is 6.54 Å². The number of halogens is 1. The van der Waals surface area contributed by atoms with Gasteiger partial charge in [0.15, 0.2) is 0 Å². The van der Waals surface area contributed by atoms with E-state index in [1.165, 1.54) is 9.13 Å². The van der Waals surface area contributed by atoms with Gasteiger partial charge in [0.2, 0.25) is 0 Å². The lowest BCUT2D eigenvalue weighted by Crippen LogP contribution is -2.28. The Hall–Kier alpha value is -0.130. The largest absolute Gasteiger partial charge is 0.391 e.